The zero-order chi connectivity index (χ0) is 19.2. The third-order valence-corrected chi connectivity index (χ3v) is 8.19. The molecule has 160 valence electrons. The highest BCUT2D eigenvalue weighted by Gasteiger charge is 2.29. The van der Waals surface area contributed by atoms with Gasteiger partial charge in [-0.15, -0.1) is 24.0 Å². The molecule has 1 saturated heterocycles. The molecule has 0 aromatic carbocycles. The van der Waals surface area contributed by atoms with Gasteiger partial charge >= 0.3 is 0 Å². The second-order valence-corrected chi connectivity index (χ2v) is 11.4. The largest absolute Gasteiger partial charge is 0.378 e. The van der Waals surface area contributed by atoms with Gasteiger partial charge in [0.1, 0.15) is 0 Å². The van der Waals surface area contributed by atoms with E-state index in [1.807, 2.05) is 0 Å². The Hall–Kier alpha value is -0.0900. The van der Waals surface area contributed by atoms with Crippen molar-refractivity contribution in [2.45, 2.75) is 70.1 Å². The lowest BCUT2D eigenvalue weighted by Crippen LogP contribution is -2.48. The average Bonchev–Trinajstić information content (AvgIpc) is 3.10. The molecule has 6 nitrogen and oxygen atoms in total. The van der Waals surface area contributed by atoms with Gasteiger partial charge in [-0.2, -0.15) is 0 Å². The van der Waals surface area contributed by atoms with Crippen LogP contribution in [0, 0.1) is 5.92 Å². The summed E-state index contributed by atoms with van der Waals surface area (Å²) in [6.07, 6.45) is 7.74. The van der Waals surface area contributed by atoms with Crippen molar-refractivity contribution in [2.75, 3.05) is 39.0 Å². The number of guanidine groups is 1. The fourth-order valence-electron chi connectivity index (χ4n) is 3.62. The van der Waals surface area contributed by atoms with E-state index in [0.29, 0.717) is 12.6 Å². The topological polar surface area (TPSA) is 71.0 Å². The summed E-state index contributed by atoms with van der Waals surface area (Å²) in [5.41, 5.74) is 0. The van der Waals surface area contributed by atoms with Crippen molar-refractivity contribution in [1.82, 2.24) is 10.2 Å². The number of ether oxygens (including phenoxy) is 1. The lowest BCUT2D eigenvalue weighted by Gasteiger charge is -2.34. The maximum atomic E-state index is 12.2. The molecule has 2 rings (SSSR count). The van der Waals surface area contributed by atoms with Crippen molar-refractivity contribution in [3.05, 3.63) is 0 Å². The molecule has 0 unspecified atom stereocenters. The molecule has 1 aliphatic carbocycles. The first-order valence-corrected chi connectivity index (χ1v) is 11.7. The lowest BCUT2D eigenvalue weighted by atomic mass is 10.1. The highest BCUT2D eigenvalue weighted by molar-refractivity contribution is 14.0. The third-order valence-electron chi connectivity index (χ3n) is 5.58. The summed E-state index contributed by atoms with van der Waals surface area (Å²) in [5.74, 6) is 1.69. The molecule has 27 heavy (non-hydrogen) atoms. The van der Waals surface area contributed by atoms with Gasteiger partial charge < -0.3 is 15.0 Å². The van der Waals surface area contributed by atoms with Crippen molar-refractivity contribution < 1.29 is 13.2 Å². The van der Waals surface area contributed by atoms with Crippen LogP contribution in [0.5, 0.6) is 0 Å². The molecule has 0 amide bonds. The quantitative estimate of drug-likeness (QED) is 0.335. The van der Waals surface area contributed by atoms with Crippen molar-refractivity contribution in [1.29, 1.82) is 0 Å². The first-order valence-electron chi connectivity index (χ1n) is 10.0. The van der Waals surface area contributed by atoms with Gasteiger partial charge in [0.15, 0.2) is 15.8 Å². The Labute approximate surface area is 182 Å². The second kappa shape index (κ2) is 11.2. The summed E-state index contributed by atoms with van der Waals surface area (Å²) < 4.78 is 29.8. The maximum Gasteiger partial charge on any atom is 0.193 e. The molecular weight excluding hydrogens is 477 g/mol. The summed E-state index contributed by atoms with van der Waals surface area (Å²) in [6.45, 7) is 8.35. The van der Waals surface area contributed by atoms with Crippen LogP contribution in [0.2, 0.25) is 0 Å². The van der Waals surface area contributed by atoms with E-state index < -0.39 is 14.6 Å². The number of aliphatic imine (C=N–C) groups is 1. The number of rotatable bonds is 6. The first-order chi connectivity index (χ1) is 12.2. The normalized spacial score (nSPS) is 20.6. The Kier molecular flexibility index (Phi) is 10.3. The smallest absolute Gasteiger partial charge is 0.193 e. The zero-order valence-corrected chi connectivity index (χ0v) is 20.5. The average molecular weight is 516 g/mol. The molecule has 0 atom stereocenters. The van der Waals surface area contributed by atoms with Gasteiger partial charge in [0, 0.05) is 33.3 Å². The van der Waals surface area contributed by atoms with Gasteiger partial charge in [0.2, 0.25) is 0 Å². The molecule has 8 heteroatoms. The van der Waals surface area contributed by atoms with Crippen LogP contribution in [-0.2, 0) is 14.6 Å². The van der Waals surface area contributed by atoms with Gasteiger partial charge in [0.25, 0.3) is 0 Å². The molecule has 0 aromatic heterocycles. The van der Waals surface area contributed by atoms with Crippen molar-refractivity contribution in [3.63, 3.8) is 0 Å². The maximum absolute atomic E-state index is 12.2. The molecule has 1 heterocycles. The Morgan fingerprint density at radius 3 is 2.26 bits per heavy atom. The van der Waals surface area contributed by atoms with Gasteiger partial charge in [-0.1, -0.05) is 12.8 Å². The van der Waals surface area contributed by atoms with Crippen LogP contribution in [0.25, 0.3) is 0 Å². The minimum Gasteiger partial charge on any atom is -0.378 e. The standard InChI is InChI=1S/C19H37N3O3S.HI/c1-19(2,3)26(23,24)14-11-21-18(20-4)22-12-9-17(10-13-22)25-15-16-7-5-6-8-16;/h16-17H,5-15H2,1-4H3,(H,20,21);1H. The molecule has 1 aliphatic heterocycles. The molecule has 0 bridgehead atoms. The number of nitrogens with one attached hydrogen (secondary N) is 1. The monoisotopic (exact) mass is 515 g/mol. The molecular formula is C19H38IN3O3S. The summed E-state index contributed by atoms with van der Waals surface area (Å²) in [4.78, 5) is 6.53. The number of likely N-dealkylation sites (tertiary alicyclic amines) is 1. The summed E-state index contributed by atoms with van der Waals surface area (Å²) in [6, 6.07) is 0. The summed E-state index contributed by atoms with van der Waals surface area (Å²) >= 11 is 0. The zero-order valence-electron chi connectivity index (χ0n) is 17.4. The van der Waals surface area contributed by atoms with Crippen LogP contribution in [0.1, 0.15) is 59.3 Å². The van der Waals surface area contributed by atoms with Crippen LogP contribution >= 0.6 is 24.0 Å². The second-order valence-electron chi connectivity index (χ2n) is 8.58. The van der Waals surface area contributed by atoms with E-state index in [1.165, 1.54) is 25.7 Å². The van der Waals surface area contributed by atoms with E-state index in [2.05, 4.69) is 15.2 Å². The fourth-order valence-corrected chi connectivity index (χ4v) is 4.60. The van der Waals surface area contributed by atoms with E-state index in [0.717, 1.165) is 44.4 Å². The molecule has 0 aromatic rings. The Morgan fingerprint density at radius 2 is 1.74 bits per heavy atom. The van der Waals surface area contributed by atoms with Gasteiger partial charge in [-0.3, -0.25) is 4.99 Å². The van der Waals surface area contributed by atoms with Crippen LogP contribution in [0.15, 0.2) is 4.99 Å². The molecule has 2 fully saturated rings. The van der Waals surface area contributed by atoms with E-state index in [1.54, 1.807) is 27.8 Å². The summed E-state index contributed by atoms with van der Waals surface area (Å²) in [5, 5.41) is 3.21. The molecule has 0 spiro atoms. The lowest BCUT2D eigenvalue weighted by molar-refractivity contribution is 0.00104. The number of nitrogens with zero attached hydrogens (tertiary/aromatic N) is 2. The minimum absolute atomic E-state index is 0. The first kappa shape index (κ1) is 24.9. The van der Waals surface area contributed by atoms with E-state index in [4.69, 9.17) is 4.74 Å². The number of halogens is 1. The predicted octanol–water partition coefficient (Wildman–Crippen LogP) is 3.06. The Morgan fingerprint density at radius 1 is 1.15 bits per heavy atom. The Balaban J connectivity index is 0.00000364. The number of hydrogen-bond donors (Lipinski definition) is 1. The van der Waals surface area contributed by atoms with E-state index >= 15 is 0 Å². The summed E-state index contributed by atoms with van der Waals surface area (Å²) in [7, 11) is -1.36. The van der Waals surface area contributed by atoms with Crippen molar-refractivity contribution in [3.8, 4) is 0 Å². The minimum atomic E-state index is -3.11. The van der Waals surface area contributed by atoms with Gasteiger partial charge in [0.05, 0.1) is 16.6 Å². The molecule has 0 radical (unpaired) electrons. The highest BCUT2D eigenvalue weighted by atomic mass is 127. The van der Waals surface area contributed by atoms with Crippen LogP contribution in [-0.4, -0.2) is 69.2 Å². The van der Waals surface area contributed by atoms with E-state index in [9.17, 15) is 8.42 Å². The van der Waals surface area contributed by atoms with Crippen LogP contribution in [0.4, 0.5) is 0 Å². The Bertz CT molecular complexity index is 561. The highest BCUT2D eigenvalue weighted by Crippen LogP contribution is 2.26. The van der Waals surface area contributed by atoms with E-state index in [-0.39, 0.29) is 29.7 Å². The van der Waals surface area contributed by atoms with Gasteiger partial charge in [-0.05, 0) is 52.4 Å². The molecule has 1 N–H and O–H groups in total. The predicted molar refractivity (Wildman–Crippen MR) is 123 cm³/mol. The van der Waals surface area contributed by atoms with Crippen molar-refractivity contribution >= 4 is 39.8 Å². The van der Waals surface area contributed by atoms with Gasteiger partial charge in [-0.25, -0.2) is 8.42 Å². The molecule has 2 aliphatic rings. The van der Waals surface area contributed by atoms with Crippen LogP contribution in [0.3, 0.4) is 0 Å². The van der Waals surface area contributed by atoms with Crippen LogP contribution < -0.4 is 5.32 Å². The SMILES string of the molecule is CN=C(NCCS(=O)(=O)C(C)(C)C)N1CCC(OCC2CCCC2)CC1.I. The number of sulfone groups is 1. The van der Waals surface area contributed by atoms with Crippen molar-refractivity contribution in [2.24, 2.45) is 10.9 Å². The molecule has 1 saturated carbocycles. The number of hydrogen-bond acceptors (Lipinski definition) is 4. The number of piperidine rings is 1. The fraction of sp³-hybridized carbons (Fsp3) is 0.947. The third kappa shape index (κ3) is 7.68.